The third-order valence-corrected chi connectivity index (χ3v) is 8.10. The number of alkyl halides is 1. The first-order chi connectivity index (χ1) is 14.6. The third-order valence-electron chi connectivity index (χ3n) is 3.72. The molecule has 1 aliphatic heterocycles. The topological polar surface area (TPSA) is 248 Å². The monoisotopic (exact) mass is 543 g/mol. The number of nitrogens with zero attached hydrogens (tertiary/aromatic N) is 4. The minimum absolute atomic E-state index is 0.0192. The van der Waals surface area contributed by atoms with Gasteiger partial charge in [0.05, 0.1) is 6.33 Å². The van der Waals surface area contributed by atoms with Crippen LogP contribution in [-0.4, -0.2) is 65.0 Å². The fraction of sp³-hybridized carbons (Fsp3) is 0.500. The zero-order valence-corrected chi connectivity index (χ0v) is 18.8. The van der Waals surface area contributed by atoms with Crippen molar-refractivity contribution in [2.75, 3.05) is 12.8 Å². The van der Waals surface area contributed by atoms with Gasteiger partial charge in [-0.3, -0.25) is 13.6 Å². The Bertz CT molecular complexity index is 1160. The Hall–Kier alpha value is -1.10. The van der Waals surface area contributed by atoms with E-state index in [1.165, 1.54) is 0 Å². The number of hydrogen-bond acceptors (Lipinski definition) is 13. The number of hydrogen-bond donors (Lipinski definition) is 5. The molecule has 1 fully saturated rings. The molecule has 2 aromatic heterocycles. The average Bonchev–Trinajstić information content (AvgIpc) is 3.15. The van der Waals surface area contributed by atoms with Gasteiger partial charge in [-0.15, -0.1) is 0 Å². The van der Waals surface area contributed by atoms with Crippen molar-refractivity contribution in [3.8, 4) is 0 Å². The molecule has 0 radical (unpaired) electrons. The molecule has 0 amide bonds. The van der Waals surface area contributed by atoms with Gasteiger partial charge in [-0.1, -0.05) is 0 Å². The van der Waals surface area contributed by atoms with Crippen LogP contribution in [0.4, 0.5) is 10.2 Å². The summed E-state index contributed by atoms with van der Waals surface area (Å²) >= 11 is 5.73. The number of aliphatic hydroxyl groups excluding tert-OH is 1. The molecule has 1 aliphatic rings. The first-order valence-corrected chi connectivity index (χ1v) is 12.8. The van der Waals surface area contributed by atoms with Crippen LogP contribution in [0.25, 0.3) is 11.2 Å². The van der Waals surface area contributed by atoms with Gasteiger partial charge in [0, 0.05) is 7.11 Å². The van der Waals surface area contributed by atoms with Crippen LogP contribution in [0.5, 0.6) is 0 Å². The second kappa shape index (κ2) is 8.92. The molecule has 3 rings (SSSR count). The molecule has 0 saturated carbocycles. The van der Waals surface area contributed by atoms with Crippen molar-refractivity contribution >= 4 is 52.1 Å². The lowest BCUT2D eigenvalue weighted by Crippen LogP contribution is -2.29. The maximum atomic E-state index is 14.7. The van der Waals surface area contributed by atoms with E-state index in [2.05, 4.69) is 32.6 Å². The molecule has 6 N–H and O–H groups in total. The summed E-state index contributed by atoms with van der Waals surface area (Å²) in [6.45, 7) is 0. The van der Waals surface area contributed by atoms with E-state index in [4.69, 9.17) is 31.9 Å². The van der Waals surface area contributed by atoms with Crippen LogP contribution in [0, 0.1) is 0 Å². The van der Waals surface area contributed by atoms with E-state index in [-0.39, 0.29) is 22.3 Å². The number of halogens is 2. The summed E-state index contributed by atoms with van der Waals surface area (Å²) in [5.41, 5.74) is 5.58. The van der Waals surface area contributed by atoms with Crippen molar-refractivity contribution in [3.63, 3.8) is 0 Å². The highest BCUT2D eigenvalue weighted by Gasteiger charge is 2.52. The minimum Gasteiger partial charge on any atom is -0.385 e. The molecule has 1 saturated heterocycles. The largest absolute Gasteiger partial charge is 0.490 e. The van der Waals surface area contributed by atoms with Crippen LogP contribution in [-0.2, 0) is 36.1 Å². The Labute approximate surface area is 181 Å². The molecule has 32 heavy (non-hydrogen) atoms. The zero-order valence-electron chi connectivity index (χ0n) is 15.4. The number of aliphatic hydroxyl groups is 1. The van der Waals surface area contributed by atoms with Gasteiger partial charge in [-0.05, 0) is 11.6 Å². The molecule has 0 bridgehead atoms. The lowest BCUT2D eigenvalue weighted by Gasteiger charge is -2.22. The van der Waals surface area contributed by atoms with Crippen LogP contribution >= 0.6 is 35.1 Å². The van der Waals surface area contributed by atoms with Crippen molar-refractivity contribution in [2.45, 2.75) is 24.8 Å². The number of anilines is 1. The number of nitrogens with two attached hydrogens (primary N) is 1. The number of nitrogen functional groups attached to an aromatic ring is 1. The number of phosphoric ester groups is 1. The Morgan fingerprint density at radius 3 is 2.50 bits per heavy atom. The van der Waals surface area contributed by atoms with E-state index in [1.807, 2.05) is 0 Å². The number of aromatic nitrogens is 4. The fourth-order valence-corrected chi connectivity index (χ4v) is 6.09. The summed E-state index contributed by atoms with van der Waals surface area (Å²) in [6, 6.07) is 0. The number of rotatable bonds is 8. The highest BCUT2D eigenvalue weighted by atomic mass is 35.5. The molecule has 2 aromatic rings. The molecular formula is C10H14ClFN5O12P3. The Balaban J connectivity index is 1.84. The Kier molecular flexibility index (Phi) is 7.12. The second-order valence-electron chi connectivity index (χ2n) is 5.89. The normalized spacial score (nSPS) is 28.0. The summed E-state index contributed by atoms with van der Waals surface area (Å²) in [5.74, 6) is -0.137. The predicted octanol–water partition coefficient (Wildman–Crippen LogP) is 0.613. The second-order valence-corrected chi connectivity index (χ2v) is 10.9. The van der Waals surface area contributed by atoms with Gasteiger partial charge in [-0.25, -0.2) is 23.1 Å². The molecule has 22 heteroatoms. The van der Waals surface area contributed by atoms with Gasteiger partial charge in [0.2, 0.25) is 11.6 Å². The standard InChI is InChI=1S/C10H14ClFN5O12P3/c1-25-32(24,29-31(22,23)28-30(19,20)21)27-9-5(18)3(12)8(26-9)17-2-14-4-6(13)15-10(11)16-7(4)17/h2-3,5,8-9,18H,1H3,(H,22,23)(H2,13,15,16)(H2,19,20,21)/t3-,5-,8+,9+,32?/m0/s1. The fourth-order valence-electron chi connectivity index (χ4n) is 2.51. The Morgan fingerprint density at radius 1 is 1.25 bits per heavy atom. The molecule has 0 aromatic carbocycles. The third kappa shape index (κ3) is 5.51. The van der Waals surface area contributed by atoms with Crippen molar-refractivity contribution in [1.29, 1.82) is 0 Å². The molecule has 17 nitrogen and oxygen atoms in total. The summed E-state index contributed by atoms with van der Waals surface area (Å²) in [6.07, 6.45) is -7.25. The lowest BCUT2D eigenvalue weighted by atomic mass is 10.2. The quantitative estimate of drug-likeness (QED) is 0.226. The van der Waals surface area contributed by atoms with Crippen LogP contribution in [0.2, 0.25) is 5.28 Å². The molecule has 180 valence electrons. The van der Waals surface area contributed by atoms with E-state index in [0.29, 0.717) is 7.11 Å². The van der Waals surface area contributed by atoms with Gasteiger partial charge in [-0.2, -0.15) is 18.6 Å². The molecule has 6 atom stereocenters. The first-order valence-electron chi connectivity index (χ1n) is 7.93. The predicted molar refractivity (Wildman–Crippen MR) is 99.3 cm³/mol. The van der Waals surface area contributed by atoms with Gasteiger partial charge >= 0.3 is 23.5 Å². The smallest absolute Gasteiger partial charge is 0.385 e. The van der Waals surface area contributed by atoms with Crippen LogP contribution < -0.4 is 5.73 Å². The summed E-state index contributed by atoms with van der Waals surface area (Å²) < 4.78 is 72.2. The van der Waals surface area contributed by atoms with Crippen molar-refractivity contribution < 1.29 is 60.3 Å². The molecular weight excluding hydrogens is 530 g/mol. The first kappa shape index (κ1) is 25.5. The van der Waals surface area contributed by atoms with Crippen molar-refractivity contribution in [3.05, 3.63) is 11.6 Å². The molecule has 0 spiro atoms. The van der Waals surface area contributed by atoms with Gasteiger partial charge in [0.25, 0.3) is 0 Å². The maximum Gasteiger partial charge on any atom is 0.490 e. The Morgan fingerprint density at radius 2 is 1.91 bits per heavy atom. The summed E-state index contributed by atoms with van der Waals surface area (Å²) in [7, 11) is -15.9. The van der Waals surface area contributed by atoms with E-state index >= 15 is 0 Å². The number of fused-ring (bicyclic) bond motifs is 1. The summed E-state index contributed by atoms with van der Waals surface area (Å²) in [4.78, 5) is 37.9. The van der Waals surface area contributed by atoms with E-state index in [9.17, 15) is 28.1 Å². The number of phosphoric acid groups is 3. The lowest BCUT2D eigenvalue weighted by molar-refractivity contribution is -0.134. The number of ether oxygens (including phenoxy) is 1. The van der Waals surface area contributed by atoms with Gasteiger partial charge in [0.1, 0.15) is 11.6 Å². The van der Waals surface area contributed by atoms with E-state index < -0.39 is 48.3 Å². The maximum absolute atomic E-state index is 14.7. The minimum atomic E-state index is -5.72. The van der Waals surface area contributed by atoms with Gasteiger partial charge < -0.3 is 30.3 Å². The van der Waals surface area contributed by atoms with Gasteiger partial charge in [0.15, 0.2) is 23.9 Å². The SMILES string of the molecule is COP(=O)(O[C@H]1O[C@@H](n2cnc3c(N)nc(Cl)nc32)[C@@H](F)[C@@H]1O)OP(=O)(O)OP(=O)(O)O. The van der Waals surface area contributed by atoms with E-state index in [0.717, 1.165) is 10.9 Å². The van der Waals surface area contributed by atoms with Crippen LogP contribution in [0.15, 0.2) is 6.33 Å². The highest BCUT2D eigenvalue weighted by molar-refractivity contribution is 7.66. The molecule has 2 unspecified atom stereocenters. The zero-order chi connectivity index (χ0) is 24.1. The highest BCUT2D eigenvalue weighted by Crippen LogP contribution is 2.68. The molecule has 0 aliphatic carbocycles. The van der Waals surface area contributed by atoms with Crippen LogP contribution in [0.3, 0.4) is 0 Å². The number of imidazole rings is 1. The van der Waals surface area contributed by atoms with E-state index in [1.54, 1.807) is 0 Å². The summed E-state index contributed by atoms with van der Waals surface area (Å²) in [5, 5.41) is 9.78. The van der Waals surface area contributed by atoms with Crippen molar-refractivity contribution in [1.82, 2.24) is 19.5 Å². The molecule has 3 heterocycles. The van der Waals surface area contributed by atoms with Crippen LogP contribution in [0.1, 0.15) is 6.23 Å². The van der Waals surface area contributed by atoms with Crippen molar-refractivity contribution in [2.24, 2.45) is 0 Å². The average molecular weight is 544 g/mol.